The van der Waals surface area contributed by atoms with E-state index in [9.17, 15) is 4.79 Å². The quantitative estimate of drug-likeness (QED) is 0.430. The Morgan fingerprint density at radius 2 is 1.90 bits per heavy atom. The molecule has 146 valence electrons. The highest BCUT2D eigenvalue weighted by molar-refractivity contribution is 7.99. The summed E-state index contributed by atoms with van der Waals surface area (Å²) in [5.74, 6) is 0.443. The number of anilines is 1. The number of carbonyl (C=O) groups excluding carboxylic acids is 1. The average Bonchev–Trinajstić information content (AvgIpc) is 3.37. The van der Waals surface area contributed by atoms with E-state index in [4.69, 9.17) is 4.42 Å². The summed E-state index contributed by atoms with van der Waals surface area (Å²) in [7, 11) is 0. The van der Waals surface area contributed by atoms with Crippen LogP contribution in [0.1, 0.15) is 11.1 Å². The Morgan fingerprint density at radius 1 is 1.10 bits per heavy atom. The van der Waals surface area contributed by atoms with E-state index >= 15 is 0 Å². The van der Waals surface area contributed by atoms with Crippen LogP contribution in [-0.2, 0) is 4.79 Å². The molecule has 0 saturated carbocycles. The van der Waals surface area contributed by atoms with Gasteiger partial charge in [-0.1, -0.05) is 59.8 Å². The van der Waals surface area contributed by atoms with E-state index in [0.717, 1.165) is 22.4 Å². The van der Waals surface area contributed by atoms with Crippen molar-refractivity contribution in [1.82, 2.24) is 15.2 Å². The monoisotopic (exact) mass is 422 g/mol. The molecule has 0 fully saturated rings. The molecule has 0 bridgehead atoms. The Bertz CT molecular complexity index is 1140. The number of nitrogens with one attached hydrogen (secondary N) is 1. The standard InChI is InChI=1S/C21H18N4O2S2/c1-13-7-9-15(10-8-13)17-11-28-20(22-17)23-18(26)12-29-21-25-24-19(27-21)16-6-4-3-5-14(16)2/h3-11H,12H2,1-2H3,(H,22,23,26). The Morgan fingerprint density at radius 3 is 2.69 bits per heavy atom. The van der Waals surface area contributed by atoms with Gasteiger partial charge in [0.2, 0.25) is 11.8 Å². The van der Waals surface area contributed by atoms with Gasteiger partial charge in [-0.3, -0.25) is 4.79 Å². The first-order valence-electron chi connectivity index (χ1n) is 8.93. The van der Waals surface area contributed by atoms with Crippen LogP contribution in [0.2, 0.25) is 0 Å². The minimum Gasteiger partial charge on any atom is -0.411 e. The number of thiazole rings is 1. The molecule has 2 aromatic heterocycles. The molecule has 4 rings (SSSR count). The second-order valence-electron chi connectivity index (χ2n) is 6.43. The second kappa shape index (κ2) is 8.59. The molecule has 0 spiro atoms. The van der Waals surface area contributed by atoms with Gasteiger partial charge in [-0.15, -0.1) is 21.5 Å². The molecule has 0 unspecified atom stereocenters. The maximum absolute atomic E-state index is 12.3. The third kappa shape index (κ3) is 4.72. The summed E-state index contributed by atoms with van der Waals surface area (Å²) in [5, 5.41) is 13.8. The van der Waals surface area contributed by atoms with Gasteiger partial charge in [-0.2, -0.15) is 0 Å². The van der Waals surface area contributed by atoms with Gasteiger partial charge in [-0.05, 0) is 25.5 Å². The third-order valence-corrected chi connectivity index (χ3v) is 5.78. The van der Waals surface area contributed by atoms with Crippen molar-refractivity contribution in [2.45, 2.75) is 19.1 Å². The normalized spacial score (nSPS) is 10.8. The fourth-order valence-electron chi connectivity index (χ4n) is 2.66. The minimum absolute atomic E-state index is 0.162. The molecule has 4 aromatic rings. The molecule has 0 aliphatic heterocycles. The van der Waals surface area contributed by atoms with Crippen LogP contribution in [0.5, 0.6) is 0 Å². The van der Waals surface area contributed by atoms with Gasteiger partial charge in [0.15, 0.2) is 5.13 Å². The van der Waals surface area contributed by atoms with Gasteiger partial charge < -0.3 is 9.73 Å². The van der Waals surface area contributed by atoms with E-state index < -0.39 is 0 Å². The molecule has 2 aromatic carbocycles. The maximum Gasteiger partial charge on any atom is 0.277 e. The molecular weight excluding hydrogens is 404 g/mol. The van der Waals surface area contributed by atoms with Crippen molar-refractivity contribution in [3.63, 3.8) is 0 Å². The van der Waals surface area contributed by atoms with Crippen LogP contribution in [0.15, 0.2) is 63.6 Å². The molecule has 2 heterocycles. The average molecular weight is 423 g/mol. The van der Waals surface area contributed by atoms with E-state index in [2.05, 4.69) is 20.5 Å². The number of hydrogen-bond acceptors (Lipinski definition) is 7. The number of aromatic nitrogens is 3. The van der Waals surface area contributed by atoms with E-state index in [1.165, 1.54) is 28.7 Å². The molecule has 0 radical (unpaired) electrons. The fraction of sp³-hybridized carbons (Fsp3) is 0.143. The summed E-state index contributed by atoms with van der Waals surface area (Å²) < 4.78 is 5.67. The number of nitrogens with zero attached hydrogens (tertiary/aromatic N) is 3. The van der Waals surface area contributed by atoms with E-state index in [0.29, 0.717) is 16.2 Å². The molecule has 0 saturated heterocycles. The number of amides is 1. The molecule has 0 aliphatic rings. The van der Waals surface area contributed by atoms with Crippen LogP contribution in [0.4, 0.5) is 5.13 Å². The van der Waals surface area contributed by atoms with Crippen molar-refractivity contribution < 1.29 is 9.21 Å². The zero-order valence-electron chi connectivity index (χ0n) is 15.9. The first-order chi connectivity index (χ1) is 14.1. The summed E-state index contributed by atoms with van der Waals surface area (Å²) in [6.45, 7) is 4.03. The van der Waals surface area contributed by atoms with E-state index in [1.807, 2.05) is 67.8 Å². The number of benzene rings is 2. The number of carbonyl (C=O) groups is 1. The zero-order valence-corrected chi connectivity index (χ0v) is 17.5. The predicted octanol–water partition coefficient (Wildman–Crippen LogP) is 5.21. The molecule has 0 aliphatic carbocycles. The number of rotatable bonds is 6. The lowest BCUT2D eigenvalue weighted by atomic mass is 10.1. The van der Waals surface area contributed by atoms with Crippen LogP contribution in [0.3, 0.4) is 0 Å². The van der Waals surface area contributed by atoms with Gasteiger partial charge in [-0.25, -0.2) is 4.98 Å². The summed E-state index contributed by atoms with van der Waals surface area (Å²) in [6, 6.07) is 15.9. The lowest BCUT2D eigenvalue weighted by Gasteiger charge is -2.00. The van der Waals surface area contributed by atoms with Gasteiger partial charge in [0.05, 0.1) is 11.4 Å². The fourth-order valence-corrected chi connectivity index (χ4v) is 3.96. The number of hydrogen-bond donors (Lipinski definition) is 1. The zero-order chi connectivity index (χ0) is 20.2. The second-order valence-corrected chi connectivity index (χ2v) is 8.21. The highest BCUT2D eigenvalue weighted by atomic mass is 32.2. The van der Waals surface area contributed by atoms with Crippen molar-refractivity contribution in [2.75, 3.05) is 11.1 Å². The minimum atomic E-state index is -0.171. The molecule has 0 atom stereocenters. The van der Waals surface area contributed by atoms with E-state index in [1.54, 1.807) is 0 Å². The van der Waals surface area contributed by atoms with Crippen molar-refractivity contribution in [3.8, 4) is 22.7 Å². The molecule has 1 N–H and O–H groups in total. The first-order valence-corrected chi connectivity index (χ1v) is 10.8. The van der Waals surface area contributed by atoms with Crippen LogP contribution in [0.25, 0.3) is 22.7 Å². The largest absolute Gasteiger partial charge is 0.411 e. The lowest BCUT2D eigenvalue weighted by molar-refractivity contribution is -0.113. The summed E-state index contributed by atoms with van der Waals surface area (Å²) in [5.41, 5.74) is 5.01. The predicted molar refractivity (Wildman–Crippen MR) is 116 cm³/mol. The SMILES string of the molecule is Cc1ccc(-c2csc(NC(=O)CSc3nnc(-c4ccccc4C)o3)n2)cc1. The maximum atomic E-state index is 12.3. The molecule has 1 amide bonds. The summed E-state index contributed by atoms with van der Waals surface area (Å²) in [4.78, 5) is 16.7. The van der Waals surface area contributed by atoms with E-state index in [-0.39, 0.29) is 11.7 Å². The van der Waals surface area contributed by atoms with Crippen molar-refractivity contribution in [3.05, 3.63) is 65.0 Å². The topological polar surface area (TPSA) is 80.9 Å². The lowest BCUT2D eigenvalue weighted by Crippen LogP contribution is -2.13. The van der Waals surface area contributed by atoms with Gasteiger partial charge >= 0.3 is 0 Å². The van der Waals surface area contributed by atoms with Crippen LogP contribution >= 0.6 is 23.1 Å². The van der Waals surface area contributed by atoms with Crippen LogP contribution in [-0.4, -0.2) is 26.8 Å². The van der Waals surface area contributed by atoms with Crippen molar-refractivity contribution >= 4 is 34.1 Å². The summed E-state index contributed by atoms with van der Waals surface area (Å²) >= 11 is 2.60. The number of aryl methyl sites for hydroxylation is 2. The molecule has 6 nitrogen and oxygen atoms in total. The molecular formula is C21H18N4O2S2. The number of thioether (sulfide) groups is 1. The van der Waals surface area contributed by atoms with Crippen LogP contribution < -0.4 is 5.32 Å². The van der Waals surface area contributed by atoms with Gasteiger partial charge in [0.25, 0.3) is 5.22 Å². The molecule has 8 heteroatoms. The van der Waals surface area contributed by atoms with Gasteiger partial charge in [0, 0.05) is 16.5 Å². The summed E-state index contributed by atoms with van der Waals surface area (Å²) in [6.07, 6.45) is 0. The Kier molecular flexibility index (Phi) is 5.73. The third-order valence-electron chi connectivity index (χ3n) is 4.21. The first kappa shape index (κ1) is 19.4. The Hall–Kier alpha value is -2.97. The van der Waals surface area contributed by atoms with Crippen molar-refractivity contribution in [1.29, 1.82) is 0 Å². The van der Waals surface area contributed by atoms with Crippen LogP contribution in [0, 0.1) is 13.8 Å². The highest BCUT2D eigenvalue weighted by Crippen LogP contribution is 2.27. The molecule has 29 heavy (non-hydrogen) atoms. The highest BCUT2D eigenvalue weighted by Gasteiger charge is 2.13. The Labute approximate surface area is 176 Å². The van der Waals surface area contributed by atoms with Crippen molar-refractivity contribution in [2.24, 2.45) is 0 Å². The van der Waals surface area contributed by atoms with Gasteiger partial charge in [0.1, 0.15) is 0 Å². The smallest absolute Gasteiger partial charge is 0.277 e. The Balaban J connectivity index is 1.34.